The molecule has 0 saturated heterocycles. The highest BCUT2D eigenvalue weighted by atomic mass is 19.1. The lowest BCUT2D eigenvalue weighted by molar-refractivity contribution is -0.132. The Labute approximate surface area is 128 Å². The maximum absolute atomic E-state index is 14.0. The van der Waals surface area contributed by atoms with E-state index in [1.54, 1.807) is 0 Å². The van der Waals surface area contributed by atoms with Crippen LogP contribution in [0.1, 0.15) is 49.7 Å². The number of carbonyl (C=O) groups excluding carboxylic acids is 1. The number of alkyl halides is 1. The van der Waals surface area contributed by atoms with E-state index in [-0.39, 0.29) is 29.3 Å². The lowest BCUT2D eigenvalue weighted by Gasteiger charge is -2.48. The standard InChI is InChI=1S/C18H20F2O2/c1-18-5-4-10-11(13(18)8-15(20)17(18)22)3-2-9-6-16(21)14(19)7-12(9)10/h6-7,10-11,13,15,21H,2-5,8H2,1H3/t10-,11+,13-,15+,18-/m0/s1. The van der Waals surface area contributed by atoms with Gasteiger partial charge in [-0.2, -0.15) is 0 Å². The third-order valence-electron chi connectivity index (χ3n) is 6.49. The normalized spacial score (nSPS) is 40.0. The number of Topliss-reactive ketones (excluding diaryl/α,β-unsaturated/α-hetero) is 1. The molecule has 1 N–H and O–H groups in total. The predicted molar refractivity (Wildman–Crippen MR) is 78.0 cm³/mol. The Balaban J connectivity index is 1.74. The summed E-state index contributed by atoms with van der Waals surface area (Å²) in [7, 11) is 0. The molecule has 4 heteroatoms. The Hall–Kier alpha value is -1.45. The number of hydrogen-bond acceptors (Lipinski definition) is 2. The lowest BCUT2D eigenvalue weighted by atomic mass is 9.55. The van der Waals surface area contributed by atoms with Crippen LogP contribution in [0.4, 0.5) is 8.78 Å². The van der Waals surface area contributed by atoms with Gasteiger partial charge in [-0.05, 0) is 73.1 Å². The lowest BCUT2D eigenvalue weighted by Crippen LogP contribution is -2.42. The third kappa shape index (κ3) is 1.73. The maximum Gasteiger partial charge on any atom is 0.173 e. The third-order valence-corrected chi connectivity index (χ3v) is 6.49. The van der Waals surface area contributed by atoms with Gasteiger partial charge in [0.2, 0.25) is 0 Å². The van der Waals surface area contributed by atoms with Crippen molar-refractivity contribution in [3.63, 3.8) is 0 Å². The molecule has 2 saturated carbocycles. The van der Waals surface area contributed by atoms with Crippen molar-refractivity contribution in [1.82, 2.24) is 0 Å². The van der Waals surface area contributed by atoms with E-state index < -0.39 is 17.4 Å². The van der Waals surface area contributed by atoms with Crippen LogP contribution in [0.5, 0.6) is 5.75 Å². The van der Waals surface area contributed by atoms with Crippen LogP contribution < -0.4 is 0 Å². The van der Waals surface area contributed by atoms with Crippen molar-refractivity contribution in [2.75, 3.05) is 0 Å². The molecule has 3 aliphatic carbocycles. The number of fused-ring (bicyclic) bond motifs is 5. The summed E-state index contributed by atoms with van der Waals surface area (Å²) in [6.45, 7) is 1.92. The fraction of sp³-hybridized carbons (Fsp3) is 0.611. The molecular weight excluding hydrogens is 286 g/mol. The van der Waals surface area contributed by atoms with Crippen LogP contribution in [-0.4, -0.2) is 17.1 Å². The molecule has 2 fully saturated rings. The van der Waals surface area contributed by atoms with E-state index in [1.807, 2.05) is 6.92 Å². The highest BCUT2D eigenvalue weighted by Gasteiger charge is 2.58. The summed E-state index contributed by atoms with van der Waals surface area (Å²) in [6, 6.07) is 2.99. The molecule has 0 aromatic heterocycles. The largest absolute Gasteiger partial charge is 0.505 e. The van der Waals surface area contributed by atoms with Gasteiger partial charge in [-0.3, -0.25) is 4.79 Å². The van der Waals surface area contributed by atoms with Crippen LogP contribution >= 0.6 is 0 Å². The number of ketones is 1. The van der Waals surface area contributed by atoms with E-state index in [4.69, 9.17) is 0 Å². The molecule has 1 aromatic rings. The zero-order chi connectivity index (χ0) is 15.6. The van der Waals surface area contributed by atoms with Crippen molar-refractivity contribution in [2.24, 2.45) is 17.3 Å². The second kappa shape index (κ2) is 4.53. The monoisotopic (exact) mass is 306 g/mol. The second-order valence-corrected chi connectivity index (χ2v) is 7.44. The summed E-state index contributed by atoms with van der Waals surface area (Å²) in [5.74, 6) is -0.594. The number of aryl methyl sites for hydroxylation is 1. The van der Waals surface area contributed by atoms with Crippen molar-refractivity contribution < 1.29 is 18.7 Å². The summed E-state index contributed by atoms with van der Waals surface area (Å²) < 4.78 is 27.8. The molecule has 0 amide bonds. The molecule has 0 unspecified atom stereocenters. The Morgan fingerprint density at radius 3 is 2.86 bits per heavy atom. The molecule has 0 spiro atoms. The molecule has 4 rings (SSSR count). The van der Waals surface area contributed by atoms with Gasteiger partial charge in [0.25, 0.3) is 0 Å². The topological polar surface area (TPSA) is 37.3 Å². The quantitative estimate of drug-likeness (QED) is 0.789. The van der Waals surface area contributed by atoms with Crippen LogP contribution in [0.25, 0.3) is 0 Å². The molecule has 0 radical (unpaired) electrons. The van der Waals surface area contributed by atoms with Gasteiger partial charge in [0.15, 0.2) is 23.5 Å². The number of benzene rings is 1. The maximum atomic E-state index is 14.0. The molecule has 0 aliphatic heterocycles. The van der Waals surface area contributed by atoms with Gasteiger partial charge in [0, 0.05) is 5.41 Å². The van der Waals surface area contributed by atoms with Crippen molar-refractivity contribution in [3.05, 3.63) is 29.1 Å². The molecule has 0 heterocycles. The van der Waals surface area contributed by atoms with E-state index in [0.29, 0.717) is 12.8 Å². The zero-order valence-electron chi connectivity index (χ0n) is 12.6. The van der Waals surface area contributed by atoms with Gasteiger partial charge in [-0.1, -0.05) is 6.92 Å². The number of hydrogen-bond donors (Lipinski definition) is 1. The summed E-state index contributed by atoms with van der Waals surface area (Å²) in [4.78, 5) is 12.2. The number of phenols is 1. The number of halogens is 2. The zero-order valence-corrected chi connectivity index (χ0v) is 12.6. The Morgan fingerprint density at radius 1 is 1.32 bits per heavy atom. The smallest absolute Gasteiger partial charge is 0.173 e. The van der Waals surface area contributed by atoms with Crippen LogP contribution in [0.15, 0.2) is 12.1 Å². The van der Waals surface area contributed by atoms with Gasteiger partial charge in [-0.15, -0.1) is 0 Å². The molecular formula is C18H20F2O2. The van der Waals surface area contributed by atoms with Gasteiger partial charge < -0.3 is 5.11 Å². The minimum absolute atomic E-state index is 0.0683. The molecule has 0 bridgehead atoms. The first-order valence-electron chi connectivity index (χ1n) is 8.11. The highest BCUT2D eigenvalue weighted by molar-refractivity contribution is 5.91. The molecule has 1 aromatic carbocycles. The van der Waals surface area contributed by atoms with Gasteiger partial charge in [0.05, 0.1) is 0 Å². The summed E-state index contributed by atoms with van der Waals surface area (Å²) in [5.41, 5.74) is 1.43. The van der Waals surface area contributed by atoms with Gasteiger partial charge >= 0.3 is 0 Å². The van der Waals surface area contributed by atoms with Crippen LogP contribution in [0.3, 0.4) is 0 Å². The van der Waals surface area contributed by atoms with Crippen molar-refractivity contribution in [1.29, 1.82) is 0 Å². The molecule has 2 nitrogen and oxygen atoms in total. The van der Waals surface area contributed by atoms with Crippen molar-refractivity contribution >= 4 is 5.78 Å². The number of phenolic OH excluding ortho intramolecular Hbond substituents is 1. The minimum Gasteiger partial charge on any atom is -0.505 e. The van der Waals surface area contributed by atoms with Crippen LogP contribution in [-0.2, 0) is 11.2 Å². The average Bonchev–Trinajstić information content (AvgIpc) is 2.72. The fourth-order valence-corrected chi connectivity index (χ4v) is 5.33. The number of rotatable bonds is 0. The molecule has 118 valence electrons. The molecule has 3 aliphatic rings. The predicted octanol–water partition coefficient (Wildman–Crippen LogP) is 3.90. The Bertz CT molecular complexity index is 657. The Kier molecular flexibility index (Phi) is 2.91. The first-order valence-corrected chi connectivity index (χ1v) is 8.11. The average molecular weight is 306 g/mol. The summed E-state index contributed by atoms with van der Waals surface area (Å²) >= 11 is 0. The van der Waals surface area contributed by atoms with Gasteiger partial charge in [0.1, 0.15) is 0 Å². The fourth-order valence-electron chi connectivity index (χ4n) is 5.33. The molecule has 22 heavy (non-hydrogen) atoms. The van der Waals surface area contributed by atoms with Gasteiger partial charge in [-0.25, -0.2) is 8.78 Å². The highest BCUT2D eigenvalue weighted by Crippen LogP contribution is 2.60. The van der Waals surface area contributed by atoms with Crippen LogP contribution in [0, 0.1) is 23.1 Å². The van der Waals surface area contributed by atoms with E-state index >= 15 is 0 Å². The van der Waals surface area contributed by atoms with Crippen LogP contribution in [0.2, 0.25) is 0 Å². The van der Waals surface area contributed by atoms with E-state index in [9.17, 15) is 18.7 Å². The van der Waals surface area contributed by atoms with Crippen molar-refractivity contribution in [2.45, 2.75) is 51.1 Å². The Morgan fingerprint density at radius 2 is 2.09 bits per heavy atom. The van der Waals surface area contributed by atoms with Crippen molar-refractivity contribution in [3.8, 4) is 5.75 Å². The number of aromatic hydroxyl groups is 1. The van der Waals surface area contributed by atoms with E-state index in [2.05, 4.69) is 0 Å². The minimum atomic E-state index is -1.33. The molecule has 5 atom stereocenters. The first-order chi connectivity index (χ1) is 10.4. The summed E-state index contributed by atoms with van der Waals surface area (Å²) in [6.07, 6.45) is 2.14. The van der Waals surface area contributed by atoms with E-state index in [0.717, 1.165) is 30.4 Å². The second-order valence-electron chi connectivity index (χ2n) is 7.44. The number of carbonyl (C=O) groups is 1. The SMILES string of the molecule is C[C@]12CC[C@@H]3c4cc(F)c(O)cc4CC[C@H]3[C@@H]1C[C@@H](F)C2=O. The van der Waals surface area contributed by atoms with E-state index in [1.165, 1.54) is 12.1 Å². The summed E-state index contributed by atoms with van der Waals surface area (Å²) in [5, 5.41) is 9.56. The first kappa shape index (κ1) is 14.2.